The number of benzene rings is 1. The highest BCUT2D eigenvalue weighted by Crippen LogP contribution is 2.29. The van der Waals surface area contributed by atoms with Crippen molar-refractivity contribution in [2.45, 2.75) is 57.7 Å². The Morgan fingerprint density at radius 3 is 2.62 bits per heavy atom. The number of hydrogen-bond acceptors (Lipinski definition) is 3. The van der Waals surface area contributed by atoms with Gasteiger partial charge in [-0.15, -0.1) is 0 Å². The van der Waals surface area contributed by atoms with E-state index in [2.05, 4.69) is 22.5 Å². The van der Waals surface area contributed by atoms with Gasteiger partial charge in [0.05, 0.1) is 0 Å². The van der Waals surface area contributed by atoms with Crippen LogP contribution in [0.3, 0.4) is 0 Å². The molecule has 0 aromatic heterocycles. The van der Waals surface area contributed by atoms with Crippen molar-refractivity contribution in [2.24, 2.45) is 5.92 Å². The molecule has 0 aliphatic carbocycles. The van der Waals surface area contributed by atoms with Gasteiger partial charge in [-0.3, -0.25) is 9.59 Å². The van der Waals surface area contributed by atoms with Crippen LogP contribution in [0, 0.1) is 5.92 Å². The van der Waals surface area contributed by atoms with Gasteiger partial charge < -0.3 is 15.5 Å². The summed E-state index contributed by atoms with van der Waals surface area (Å²) in [7, 11) is 0. The molecule has 1 aromatic rings. The molecule has 2 fully saturated rings. The number of halogens is 1. The van der Waals surface area contributed by atoms with Gasteiger partial charge in [0.15, 0.2) is 0 Å². The van der Waals surface area contributed by atoms with Crippen LogP contribution in [0.5, 0.6) is 0 Å². The molecule has 4 atom stereocenters. The van der Waals surface area contributed by atoms with Crippen LogP contribution in [0.4, 0.5) is 0 Å². The lowest BCUT2D eigenvalue weighted by atomic mass is 9.96. The van der Waals surface area contributed by atoms with Crippen LogP contribution in [0.2, 0.25) is 5.02 Å². The molecule has 2 saturated heterocycles. The summed E-state index contributed by atoms with van der Waals surface area (Å²) >= 11 is 5.90. The lowest BCUT2D eigenvalue weighted by Gasteiger charge is -2.34. The standard InChI is InChI=1S/C20H28ClN3O2/c1-3-13(2)18(23-19(25)14-4-6-15(21)7-5-14)20(26)24-16-8-9-17(24)12-22-11-10-16/h4-7,13,16-18,22H,3,8-12H2,1-2H3,(H,23,25). The summed E-state index contributed by atoms with van der Waals surface area (Å²) < 4.78 is 0. The van der Waals surface area contributed by atoms with Crippen molar-refractivity contribution in [3.63, 3.8) is 0 Å². The van der Waals surface area contributed by atoms with Gasteiger partial charge in [-0.25, -0.2) is 0 Å². The maximum Gasteiger partial charge on any atom is 0.251 e. The smallest absolute Gasteiger partial charge is 0.251 e. The van der Waals surface area contributed by atoms with Crippen LogP contribution < -0.4 is 10.6 Å². The Balaban J connectivity index is 1.78. The largest absolute Gasteiger partial charge is 0.340 e. The van der Waals surface area contributed by atoms with Crippen molar-refractivity contribution < 1.29 is 9.59 Å². The highest BCUT2D eigenvalue weighted by Gasteiger charge is 2.42. The molecule has 4 unspecified atom stereocenters. The molecule has 0 saturated carbocycles. The van der Waals surface area contributed by atoms with E-state index < -0.39 is 6.04 Å². The van der Waals surface area contributed by atoms with Gasteiger partial charge in [0, 0.05) is 29.2 Å². The molecule has 5 nitrogen and oxygen atoms in total. The number of carbonyl (C=O) groups excluding carboxylic acids is 2. The number of amides is 2. The Labute approximate surface area is 160 Å². The first-order valence-corrected chi connectivity index (χ1v) is 9.98. The minimum atomic E-state index is -0.496. The summed E-state index contributed by atoms with van der Waals surface area (Å²) in [5.74, 6) is -0.0761. The number of nitrogens with zero attached hydrogens (tertiary/aromatic N) is 1. The molecule has 3 rings (SSSR count). The molecule has 1 aromatic carbocycles. The minimum Gasteiger partial charge on any atom is -0.340 e. The Morgan fingerprint density at radius 2 is 1.92 bits per heavy atom. The summed E-state index contributed by atoms with van der Waals surface area (Å²) in [4.78, 5) is 28.1. The summed E-state index contributed by atoms with van der Waals surface area (Å²) in [6.07, 6.45) is 3.93. The van der Waals surface area contributed by atoms with Crippen molar-refractivity contribution >= 4 is 23.4 Å². The lowest BCUT2D eigenvalue weighted by Crippen LogP contribution is -2.55. The van der Waals surface area contributed by atoms with E-state index in [4.69, 9.17) is 11.6 Å². The fourth-order valence-corrected chi connectivity index (χ4v) is 4.14. The topological polar surface area (TPSA) is 61.4 Å². The van der Waals surface area contributed by atoms with Crippen LogP contribution in [0.1, 0.15) is 49.9 Å². The number of carbonyl (C=O) groups is 2. The predicted octanol–water partition coefficient (Wildman–Crippen LogP) is 2.84. The summed E-state index contributed by atoms with van der Waals surface area (Å²) in [6, 6.07) is 6.80. The second-order valence-corrected chi connectivity index (χ2v) is 7.90. The second kappa shape index (κ2) is 8.40. The van der Waals surface area contributed by atoms with Crippen LogP contribution in [0.15, 0.2) is 24.3 Å². The Kier molecular flexibility index (Phi) is 6.20. The average molecular weight is 378 g/mol. The van der Waals surface area contributed by atoms with Gasteiger partial charge in [-0.05, 0) is 56.0 Å². The molecule has 2 aliphatic heterocycles. The van der Waals surface area contributed by atoms with Crippen molar-refractivity contribution in [3.05, 3.63) is 34.9 Å². The van der Waals surface area contributed by atoms with Crippen LogP contribution in [0.25, 0.3) is 0 Å². The molecule has 2 heterocycles. The Bertz CT molecular complexity index is 635. The normalized spacial score (nSPS) is 24.7. The molecule has 0 radical (unpaired) electrons. The lowest BCUT2D eigenvalue weighted by molar-refractivity contribution is -0.137. The fraction of sp³-hybridized carbons (Fsp3) is 0.600. The van der Waals surface area contributed by atoms with Crippen molar-refractivity contribution in [2.75, 3.05) is 13.1 Å². The van der Waals surface area contributed by atoms with Crippen molar-refractivity contribution in [1.29, 1.82) is 0 Å². The van der Waals surface area contributed by atoms with Gasteiger partial charge in [0.2, 0.25) is 5.91 Å². The predicted molar refractivity (Wildman–Crippen MR) is 103 cm³/mol. The van der Waals surface area contributed by atoms with E-state index in [1.807, 2.05) is 6.92 Å². The van der Waals surface area contributed by atoms with Gasteiger partial charge >= 0.3 is 0 Å². The van der Waals surface area contributed by atoms with Crippen LogP contribution >= 0.6 is 11.6 Å². The molecule has 26 heavy (non-hydrogen) atoms. The van der Waals surface area contributed by atoms with Crippen LogP contribution in [-0.2, 0) is 4.79 Å². The average Bonchev–Trinajstić information content (AvgIpc) is 2.91. The zero-order chi connectivity index (χ0) is 18.7. The molecule has 2 amide bonds. The summed E-state index contributed by atoms with van der Waals surface area (Å²) in [6.45, 7) is 5.89. The van der Waals surface area contributed by atoms with E-state index in [-0.39, 0.29) is 23.8 Å². The third-order valence-electron chi connectivity index (χ3n) is 5.78. The second-order valence-electron chi connectivity index (χ2n) is 7.47. The maximum absolute atomic E-state index is 13.4. The van der Waals surface area contributed by atoms with E-state index in [9.17, 15) is 9.59 Å². The molecule has 2 N–H and O–H groups in total. The number of hydrogen-bond donors (Lipinski definition) is 2. The van der Waals surface area contributed by atoms with E-state index in [1.54, 1.807) is 24.3 Å². The maximum atomic E-state index is 13.4. The number of fused-ring (bicyclic) bond motifs is 2. The van der Waals surface area contributed by atoms with Gasteiger partial charge in [0.25, 0.3) is 5.91 Å². The highest BCUT2D eigenvalue weighted by atomic mass is 35.5. The summed E-state index contributed by atoms with van der Waals surface area (Å²) in [5.41, 5.74) is 0.524. The van der Waals surface area contributed by atoms with E-state index in [1.165, 1.54) is 0 Å². The SMILES string of the molecule is CCC(C)C(NC(=O)c1ccc(Cl)cc1)C(=O)N1C2CCNCC1CC2. The molecule has 142 valence electrons. The van der Waals surface area contributed by atoms with Crippen molar-refractivity contribution in [3.8, 4) is 0 Å². The van der Waals surface area contributed by atoms with Crippen molar-refractivity contribution in [1.82, 2.24) is 15.5 Å². The zero-order valence-electron chi connectivity index (χ0n) is 15.5. The highest BCUT2D eigenvalue weighted by molar-refractivity contribution is 6.30. The van der Waals surface area contributed by atoms with E-state index in [0.29, 0.717) is 16.6 Å². The van der Waals surface area contributed by atoms with E-state index >= 15 is 0 Å². The monoisotopic (exact) mass is 377 g/mol. The zero-order valence-corrected chi connectivity index (χ0v) is 16.3. The first-order valence-electron chi connectivity index (χ1n) is 9.60. The Morgan fingerprint density at radius 1 is 1.23 bits per heavy atom. The molecule has 2 bridgehead atoms. The molecule has 6 heteroatoms. The molecular formula is C20H28ClN3O2. The first-order chi connectivity index (χ1) is 12.5. The third kappa shape index (κ3) is 4.04. The Hall–Kier alpha value is -1.59. The minimum absolute atomic E-state index is 0.0675. The number of rotatable bonds is 5. The fourth-order valence-electron chi connectivity index (χ4n) is 4.01. The first kappa shape index (κ1) is 19.2. The quantitative estimate of drug-likeness (QED) is 0.829. The van der Waals surface area contributed by atoms with E-state index in [0.717, 1.165) is 38.8 Å². The van der Waals surface area contributed by atoms with Gasteiger partial charge in [-0.2, -0.15) is 0 Å². The van der Waals surface area contributed by atoms with Crippen LogP contribution in [-0.4, -0.2) is 47.9 Å². The third-order valence-corrected chi connectivity index (χ3v) is 6.03. The van der Waals surface area contributed by atoms with Gasteiger partial charge in [0.1, 0.15) is 6.04 Å². The molecular weight excluding hydrogens is 350 g/mol. The molecule has 0 spiro atoms. The molecule has 2 aliphatic rings. The summed E-state index contributed by atoms with van der Waals surface area (Å²) in [5, 5.41) is 7.01. The van der Waals surface area contributed by atoms with Gasteiger partial charge in [-0.1, -0.05) is 31.9 Å². The number of nitrogens with one attached hydrogen (secondary N) is 2.